The molecule has 0 aliphatic carbocycles. The van der Waals surface area contributed by atoms with E-state index in [2.05, 4.69) is 5.43 Å². The van der Waals surface area contributed by atoms with Gasteiger partial charge in [0.2, 0.25) is 0 Å². The van der Waals surface area contributed by atoms with Crippen LogP contribution in [0.4, 0.5) is 0 Å². The number of rotatable bonds is 7. The van der Waals surface area contributed by atoms with E-state index in [9.17, 15) is 0 Å². The van der Waals surface area contributed by atoms with Gasteiger partial charge in [-0.3, -0.25) is 11.3 Å². The summed E-state index contributed by atoms with van der Waals surface area (Å²) in [6, 6.07) is 4.27. The van der Waals surface area contributed by atoms with Gasteiger partial charge in [-0.2, -0.15) is 0 Å². The van der Waals surface area contributed by atoms with Gasteiger partial charge in [0.05, 0.1) is 4.34 Å². The van der Waals surface area contributed by atoms with Gasteiger partial charge < -0.3 is 4.74 Å². The highest BCUT2D eigenvalue weighted by Crippen LogP contribution is 2.23. The lowest BCUT2D eigenvalue weighted by Gasteiger charge is -2.14. The van der Waals surface area contributed by atoms with Crippen LogP contribution < -0.4 is 11.3 Å². The number of hydrogen-bond donors (Lipinski definition) is 2. The van der Waals surface area contributed by atoms with Crippen molar-refractivity contribution < 1.29 is 4.74 Å². The van der Waals surface area contributed by atoms with Crippen LogP contribution in [0.15, 0.2) is 12.1 Å². The van der Waals surface area contributed by atoms with Crippen molar-refractivity contribution in [3.8, 4) is 0 Å². The first kappa shape index (κ1) is 12.9. The first-order valence-electron chi connectivity index (χ1n) is 4.95. The molecule has 0 saturated carbocycles. The molecule has 1 aromatic heterocycles. The highest BCUT2D eigenvalue weighted by molar-refractivity contribution is 7.16. The van der Waals surface area contributed by atoms with Crippen LogP contribution in [0, 0.1) is 0 Å². The molecular weight excluding hydrogens is 232 g/mol. The largest absolute Gasteiger partial charge is 0.385 e. The van der Waals surface area contributed by atoms with Gasteiger partial charge in [-0.25, -0.2) is 0 Å². The molecule has 0 aliphatic heterocycles. The van der Waals surface area contributed by atoms with Gasteiger partial charge in [0, 0.05) is 24.6 Å². The summed E-state index contributed by atoms with van der Waals surface area (Å²) in [4.78, 5) is 1.26. The van der Waals surface area contributed by atoms with Gasteiger partial charge in [-0.15, -0.1) is 11.3 Å². The van der Waals surface area contributed by atoms with Gasteiger partial charge in [-0.1, -0.05) is 11.6 Å². The van der Waals surface area contributed by atoms with Crippen molar-refractivity contribution in [2.45, 2.75) is 25.3 Å². The minimum Gasteiger partial charge on any atom is -0.385 e. The topological polar surface area (TPSA) is 47.3 Å². The summed E-state index contributed by atoms with van der Waals surface area (Å²) in [5.41, 5.74) is 2.83. The summed E-state index contributed by atoms with van der Waals surface area (Å²) in [5, 5.41) is 0. The maximum Gasteiger partial charge on any atom is 0.0931 e. The third-order valence-corrected chi connectivity index (χ3v) is 3.47. The molecule has 1 heterocycles. The Bertz CT molecular complexity index is 280. The van der Waals surface area contributed by atoms with Crippen molar-refractivity contribution in [2.75, 3.05) is 13.7 Å². The van der Waals surface area contributed by atoms with Crippen molar-refractivity contribution in [2.24, 2.45) is 5.84 Å². The number of halogens is 1. The van der Waals surface area contributed by atoms with Gasteiger partial charge in [-0.05, 0) is 31.4 Å². The Balaban J connectivity index is 2.33. The smallest absolute Gasteiger partial charge is 0.0931 e. The molecule has 0 aromatic carbocycles. The Morgan fingerprint density at radius 3 is 2.93 bits per heavy atom. The molecule has 1 aromatic rings. The molecule has 1 rings (SSSR count). The Hall–Kier alpha value is -0.130. The van der Waals surface area contributed by atoms with E-state index in [0.717, 1.165) is 30.2 Å². The van der Waals surface area contributed by atoms with Crippen LogP contribution in [0.3, 0.4) is 0 Å². The average Bonchev–Trinajstić information content (AvgIpc) is 2.63. The second-order valence-electron chi connectivity index (χ2n) is 3.41. The molecule has 1 unspecified atom stereocenters. The fourth-order valence-corrected chi connectivity index (χ4v) is 2.59. The number of nitrogens with two attached hydrogens (primary N) is 1. The van der Waals surface area contributed by atoms with Gasteiger partial charge in [0.25, 0.3) is 0 Å². The number of hydrazine groups is 1. The lowest BCUT2D eigenvalue weighted by Crippen LogP contribution is -2.36. The third kappa shape index (κ3) is 4.95. The molecule has 1 atom stereocenters. The van der Waals surface area contributed by atoms with Gasteiger partial charge in [0.15, 0.2) is 0 Å². The highest BCUT2D eigenvalue weighted by Gasteiger charge is 2.08. The Morgan fingerprint density at radius 1 is 1.60 bits per heavy atom. The predicted octanol–water partition coefficient (Wildman–Crippen LogP) is 2.20. The Kier molecular flexibility index (Phi) is 6.20. The van der Waals surface area contributed by atoms with Crippen molar-refractivity contribution in [1.29, 1.82) is 0 Å². The standard InChI is InChI=1S/C10H17ClN2OS/c1-14-6-2-3-8(13-12)7-9-4-5-10(11)15-9/h4-5,8,13H,2-3,6-7,12H2,1H3. The van der Waals surface area contributed by atoms with E-state index in [4.69, 9.17) is 22.2 Å². The van der Waals surface area contributed by atoms with Crippen LogP contribution in [-0.4, -0.2) is 19.8 Å². The third-order valence-electron chi connectivity index (χ3n) is 2.21. The molecule has 3 N–H and O–H groups in total. The molecule has 15 heavy (non-hydrogen) atoms. The molecule has 0 amide bonds. The van der Waals surface area contributed by atoms with Crippen molar-refractivity contribution in [3.63, 3.8) is 0 Å². The molecule has 0 saturated heterocycles. The first-order valence-corrected chi connectivity index (χ1v) is 6.15. The van der Waals surface area contributed by atoms with Crippen LogP contribution in [-0.2, 0) is 11.2 Å². The number of nitrogens with one attached hydrogen (secondary N) is 1. The molecule has 0 aliphatic rings. The lowest BCUT2D eigenvalue weighted by atomic mass is 10.1. The summed E-state index contributed by atoms with van der Waals surface area (Å²) in [6.45, 7) is 0.781. The molecule has 5 heteroatoms. The molecule has 0 bridgehead atoms. The molecule has 86 valence electrons. The van der Waals surface area contributed by atoms with Crippen LogP contribution in [0.1, 0.15) is 17.7 Å². The summed E-state index contributed by atoms with van der Waals surface area (Å²) < 4.78 is 5.84. The molecule has 0 radical (unpaired) electrons. The zero-order valence-electron chi connectivity index (χ0n) is 8.83. The zero-order valence-corrected chi connectivity index (χ0v) is 10.4. The fraction of sp³-hybridized carbons (Fsp3) is 0.600. The number of ether oxygens (including phenoxy) is 1. The Morgan fingerprint density at radius 2 is 2.40 bits per heavy atom. The van der Waals surface area contributed by atoms with E-state index in [1.165, 1.54) is 4.88 Å². The maximum absolute atomic E-state index is 5.86. The molecule has 3 nitrogen and oxygen atoms in total. The van der Waals surface area contributed by atoms with Crippen LogP contribution >= 0.6 is 22.9 Å². The summed E-state index contributed by atoms with van der Waals surface area (Å²) in [7, 11) is 1.71. The number of thiophene rings is 1. The van der Waals surface area contributed by atoms with E-state index in [1.54, 1.807) is 18.4 Å². The quantitative estimate of drug-likeness (QED) is 0.442. The summed E-state index contributed by atoms with van der Waals surface area (Å²) in [6.07, 6.45) is 2.96. The zero-order chi connectivity index (χ0) is 11.1. The molecular formula is C10H17ClN2OS. The second-order valence-corrected chi connectivity index (χ2v) is 5.21. The van der Waals surface area contributed by atoms with E-state index < -0.39 is 0 Å². The fourth-order valence-electron chi connectivity index (χ4n) is 1.42. The molecule has 0 fully saturated rings. The molecule has 0 spiro atoms. The van der Waals surface area contributed by atoms with Crippen molar-refractivity contribution >= 4 is 22.9 Å². The second kappa shape index (κ2) is 7.19. The summed E-state index contributed by atoms with van der Waals surface area (Å²) in [5.74, 6) is 5.49. The van der Waals surface area contributed by atoms with E-state index >= 15 is 0 Å². The normalized spacial score (nSPS) is 13.0. The minimum absolute atomic E-state index is 0.301. The lowest BCUT2D eigenvalue weighted by molar-refractivity contribution is 0.188. The van der Waals surface area contributed by atoms with Crippen LogP contribution in [0.25, 0.3) is 0 Å². The average molecular weight is 249 g/mol. The first-order chi connectivity index (χ1) is 7.26. The SMILES string of the molecule is COCCCC(Cc1ccc(Cl)s1)NN. The van der Waals surface area contributed by atoms with E-state index in [-0.39, 0.29) is 0 Å². The van der Waals surface area contributed by atoms with Crippen LogP contribution in [0.2, 0.25) is 4.34 Å². The minimum atomic E-state index is 0.301. The van der Waals surface area contributed by atoms with Crippen molar-refractivity contribution in [3.05, 3.63) is 21.3 Å². The number of hydrogen-bond acceptors (Lipinski definition) is 4. The van der Waals surface area contributed by atoms with Crippen LogP contribution in [0.5, 0.6) is 0 Å². The van der Waals surface area contributed by atoms with Gasteiger partial charge >= 0.3 is 0 Å². The van der Waals surface area contributed by atoms with Crippen molar-refractivity contribution in [1.82, 2.24) is 5.43 Å². The Labute approximate surface area is 99.5 Å². The maximum atomic E-state index is 5.86. The highest BCUT2D eigenvalue weighted by atomic mass is 35.5. The van der Waals surface area contributed by atoms with Gasteiger partial charge in [0.1, 0.15) is 0 Å². The predicted molar refractivity (Wildman–Crippen MR) is 65.3 cm³/mol. The summed E-state index contributed by atoms with van der Waals surface area (Å²) >= 11 is 7.47. The van der Waals surface area contributed by atoms with E-state index in [1.807, 2.05) is 12.1 Å². The van der Waals surface area contributed by atoms with E-state index in [0.29, 0.717) is 6.04 Å². The monoisotopic (exact) mass is 248 g/mol. The number of methoxy groups -OCH3 is 1.